The zero-order chi connectivity index (χ0) is 47.1. The standard InChI is InChI=1S/C44H47ClF5N9O5Si/c1-41(2,3)25-43(29-13-15-30(16-14-29)57-22-34(55-56-57)65(4,5)6)38(61)58(39(54-43)53-40(62)64-23-27-10-8-7-9-11-27)33(24-63-35(60)21-42(18-19-42)44(48,49)50)28-12-17-31(45)32(20-28)59-37(36(46)47)51-26-52-59/h7-17,20,22,26,33,36H,18-19,21,23-25H2,1-6H3,(H,53,54,62)/t33-,43-/m1/s1. The number of carbonyl (C=O) groups is 3. The lowest BCUT2D eigenvalue weighted by atomic mass is 9.75. The fourth-order valence-corrected chi connectivity index (χ4v) is 8.67. The molecule has 0 unspecified atom stereocenters. The molecule has 1 N–H and O–H groups in total. The van der Waals surface area contributed by atoms with Gasteiger partial charge in [0.1, 0.15) is 27.6 Å². The van der Waals surface area contributed by atoms with E-state index in [1.54, 1.807) is 59.3 Å². The van der Waals surface area contributed by atoms with Crippen LogP contribution in [0.15, 0.2) is 90.3 Å². The number of esters is 1. The van der Waals surface area contributed by atoms with E-state index >= 15 is 4.79 Å². The summed E-state index contributed by atoms with van der Waals surface area (Å²) in [6.07, 6.45) is -7.47. The zero-order valence-electron chi connectivity index (χ0n) is 36.4. The van der Waals surface area contributed by atoms with Crippen molar-refractivity contribution in [2.24, 2.45) is 15.8 Å². The van der Waals surface area contributed by atoms with E-state index in [-0.39, 0.29) is 48.1 Å². The third-order valence-corrected chi connectivity index (χ3v) is 13.3. The van der Waals surface area contributed by atoms with Crippen molar-refractivity contribution in [3.8, 4) is 11.4 Å². The van der Waals surface area contributed by atoms with Crippen LogP contribution in [0.2, 0.25) is 24.7 Å². The minimum absolute atomic E-state index is 0.0468. The van der Waals surface area contributed by atoms with Gasteiger partial charge in [-0.1, -0.05) is 106 Å². The molecule has 1 aliphatic heterocycles. The van der Waals surface area contributed by atoms with Gasteiger partial charge in [0.2, 0.25) is 5.96 Å². The van der Waals surface area contributed by atoms with Gasteiger partial charge >= 0.3 is 18.2 Å². The first-order valence-corrected chi connectivity index (χ1v) is 24.5. The second-order valence-corrected chi connectivity index (χ2v) is 23.9. The van der Waals surface area contributed by atoms with E-state index in [2.05, 4.69) is 45.4 Å². The molecule has 0 saturated heterocycles. The predicted molar refractivity (Wildman–Crippen MR) is 231 cm³/mol. The molecule has 21 heteroatoms. The summed E-state index contributed by atoms with van der Waals surface area (Å²) >= 11 is 6.56. The minimum atomic E-state index is -4.67. The summed E-state index contributed by atoms with van der Waals surface area (Å²) in [5, 5.41) is 16.0. The molecule has 14 nitrogen and oxygen atoms in total. The van der Waals surface area contributed by atoms with E-state index in [0.29, 0.717) is 16.8 Å². The summed E-state index contributed by atoms with van der Waals surface area (Å²) in [7, 11) is -1.82. The van der Waals surface area contributed by atoms with Crippen molar-refractivity contribution >= 4 is 48.9 Å². The molecule has 7 rings (SSSR count). The molecule has 2 aliphatic rings. The van der Waals surface area contributed by atoms with Gasteiger partial charge in [-0.15, -0.1) is 5.10 Å². The number of ether oxygens (including phenoxy) is 2. The molecule has 1 fully saturated rings. The Morgan fingerprint density at radius 1 is 0.969 bits per heavy atom. The average molecular weight is 940 g/mol. The van der Waals surface area contributed by atoms with Crippen molar-refractivity contribution in [3.63, 3.8) is 0 Å². The summed E-state index contributed by atoms with van der Waals surface area (Å²) in [6, 6.07) is 18.3. The van der Waals surface area contributed by atoms with Gasteiger partial charge in [0.15, 0.2) is 11.4 Å². The zero-order valence-corrected chi connectivity index (χ0v) is 38.1. The lowest BCUT2D eigenvalue weighted by molar-refractivity contribution is -0.195. The normalized spacial score (nSPS) is 17.8. The van der Waals surface area contributed by atoms with E-state index in [0.717, 1.165) is 21.2 Å². The van der Waals surface area contributed by atoms with Crippen molar-refractivity contribution in [3.05, 3.63) is 113 Å². The van der Waals surface area contributed by atoms with Gasteiger partial charge in [-0.05, 0) is 65.6 Å². The summed E-state index contributed by atoms with van der Waals surface area (Å²) in [5.74, 6) is -3.03. The number of benzene rings is 3. The summed E-state index contributed by atoms with van der Waals surface area (Å²) in [5.41, 5.74) is -3.00. The third-order valence-electron chi connectivity index (χ3n) is 11.2. The lowest BCUT2D eigenvalue weighted by Gasteiger charge is -2.35. The predicted octanol–water partition coefficient (Wildman–Crippen LogP) is 8.76. The lowest BCUT2D eigenvalue weighted by Crippen LogP contribution is -2.49. The number of alkyl halides is 5. The van der Waals surface area contributed by atoms with Crippen LogP contribution >= 0.6 is 11.6 Å². The number of aliphatic imine (C=N–C) groups is 1. The van der Waals surface area contributed by atoms with Crippen molar-refractivity contribution in [2.75, 3.05) is 6.61 Å². The van der Waals surface area contributed by atoms with Crippen LogP contribution in [0, 0.1) is 10.8 Å². The van der Waals surface area contributed by atoms with Crippen molar-refractivity contribution < 1.29 is 45.8 Å². The second-order valence-electron chi connectivity index (χ2n) is 18.4. The maximum atomic E-state index is 15.7. The number of aromatic nitrogens is 6. The fraction of sp³-hybridized carbons (Fsp3) is 0.409. The van der Waals surface area contributed by atoms with Gasteiger partial charge in [0.25, 0.3) is 12.3 Å². The molecular weight excluding hydrogens is 893 g/mol. The quantitative estimate of drug-likeness (QED) is 0.0653. The number of nitrogens with one attached hydrogen (secondary N) is 1. The maximum absolute atomic E-state index is 15.7. The van der Waals surface area contributed by atoms with E-state index in [1.807, 2.05) is 27.0 Å². The molecule has 2 aromatic heterocycles. The molecule has 0 bridgehead atoms. The molecule has 344 valence electrons. The van der Waals surface area contributed by atoms with Crippen LogP contribution < -0.4 is 10.6 Å². The molecule has 2 atom stereocenters. The number of carbonyl (C=O) groups excluding carboxylic acids is 3. The van der Waals surface area contributed by atoms with Crippen LogP contribution in [0.3, 0.4) is 0 Å². The highest BCUT2D eigenvalue weighted by Crippen LogP contribution is 2.60. The summed E-state index contributed by atoms with van der Waals surface area (Å²) in [4.78, 5) is 52.4. The highest BCUT2D eigenvalue weighted by Gasteiger charge is 2.64. The number of hydrogen-bond donors (Lipinski definition) is 1. The smallest absolute Gasteiger partial charge is 0.414 e. The Balaban J connectivity index is 1.35. The molecule has 3 heterocycles. The van der Waals surface area contributed by atoms with E-state index < -0.39 is 79.9 Å². The molecule has 1 aliphatic carbocycles. The molecule has 65 heavy (non-hydrogen) atoms. The Hall–Kier alpha value is -6.02. The number of rotatable bonds is 14. The number of guanidine groups is 1. The average Bonchev–Trinajstić information content (AvgIpc) is 3.53. The van der Waals surface area contributed by atoms with Gasteiger partial charge in [-0.2, -0.15) is 18.3 Å². The number of alkyl carbamates (subject to hydrolysis) is 1. The molecule has 3 aromatic carbocycles. The largest absolute Gasteiger partial charge is 0.463 e. The Labute approximate surface area is 377 Å². The minimum Gasteiger partial charge on any atom is -0.463 e. The van der Waals surface area contributed by atoms with E-state index in [1.165, 1.54) is 18.2 Å². The highest BCUT2D eigenvalue weighted by atomic mass is 35.5. The van der Waals surface area contributed by atoms with E-state index in [4.69, 9.17) is 26.1 Å². The van der Waals surface area contributed by atoms with Gasteiger partial charge in [-0.25, -0.2) is 32.9 Å². The van der Waals surface area contributed by atoms with Crippen LogP contribution in [-0.4, -0.2) is 79.4 Å². The molecule has 0 spiro atoms. The van der Waals surface area contributed by atoms with Gasteiger partial charge in [0, 0.05) is 6.20 Å². The first-order chi connectivity index (χ1) is 30.5. The van der Waals surface area contributed by atoms with Crippen LogP contribution in [0.25, 0.3) is 11.4 Å². The van der Waals surface area contributed by atoms with Crippen LogP contribution in [0.4, 0.5) is 26.7 Å². The number of hydrogen-bond acceptors (Lipinski definition) is 10. The SMILES string of the molecule is CC(C)(C)C[C@]1(c2ccc(-n3cc([Si](C)(C)C)nn3)cc2)N=C(NC(=O)OCc2ccccc2)N([C@H](COC(=O)CC2(C(F)(F)F)CC2)c2ccc(Cl)c(-n3ncnc3C(F)F)c2)C1=O. The Morgan fingerprint density at radius 3 is 2.26 bits per heavy atom. The Kier molecular flexibility index (Phi) is 12.8. The Bertz CT molecular complexity index is 2590. The molecular formula is C44H47ClF5N9O5Si. The van der Waals surface area contributed by atoms with Crippen LogP contribution in [0.1, 0.15) is 81.4 Å². The van der Waals surface area contributed by atoms with Gasteiger partial charge in [-0.3, -0.25) is 19.8 Å². The molecule has 2 amide bonds. The van der Waals surface area contributed by atoms with Crippen LogP contribution in [0.5, 0.6) is 0 Å². The summed E-state index contributed by atoms with van der Waals surface area (Å²) in [6.45, 7) is 11.1. The number of amides is 2. The number of nitrogens with zero attached hydrogens (tertiary/aromatic N) is 8. The molecule has 5 aromatic rings. The highest BCUT2D eigenvalue weighted by molar-refractivity contribution is 6.88. The fourth-order valence-electron chi connectivity index (χ4n) is 7.62. The summed E-state index contributed by atoms with van der Waals surface area (Å²) < 4.78 is 83.9. The van der Waals surface area contributed by atoms with Crippen LogP contribution in [-0.2, 0) is 31.2 Å². The first kappa shape index (κ1) is 47.0. The van der Waals surface area contributed by atoms with Gasteiger partial charge < -0.3 is 9.47 Å². The molecule has 0 radical (unpaired) electrons. The molecule has 1 saturated carbocycles. The third kappa shape index (κ3) is 10.1. The Morgan fingerprint density at radius 2 is 1.66 bits per heavy atom. The van der Waals surface area contributed by atoms with Crippen molar-refractivity contribution in [2.45, 2.75) is 96.9 Å². The maximum Gasteiger partial charge on any atom is 0.414 e. The second kappa shape index (κ2) is 17.7. The van der Waals surface area contributed by atoms with Gasteiger partial charge in [0.05, 0.1) is 39.6 Å². The monoisotopic (exact) mass is 939 g/mol. The number of halogens is 6. The van der Waals surface area contributed by atoms with E-state index in [9.17, 15) is 31.5 Å². The van der Waals surface area contributed by atoms with Crippen molar-refractivity contribution in [1.82, 2.24) is 40.0 Å². The topological polar surface area (TPSA) is 159 Å². The van der Waals surface area contributed by atoms with Crippen molar-refractivity contribution in [1.29, 1.82) is 0 Å². The first-order valence-electron chi connectivity index (χ1n) is 20.7.